The van der Waals surface area contributed by atoms with E-state index >= 15 is 0 Å². The molecule has 174 valence electrons. The van der Waals surface area contributed by atoms with Gasteiger partial charge in [0.1, 0.15) is 12.6 Å². The zero-order valence-electron chi connectivity index (χ0n) is 18.2. The number of nitrogens with one attached hydrogen (secondary N) is 1. The number of halogens is 2. The van der Waals surface area contributed by atoms with Gasteiger partial charge in [0, 0.05) is 43.3 Å². The maximum absolute atomic E-state index is 13.4. The molecule has 0 aliphatic heterocycles. The second-order valence-electron chi connectivity index (χ2n) is 7.14. The summed E-state index contributed by atoms with van der Waals surface area (Å²) in [5, 5.41) is 3.18. The van der Waals surface area contributed by atoms with Crippen molar-refractivity contribution in [1.82, 2.24) is 14.5 Å². The van der Waals surface area contributed by atoms with E-state index < -0.39 is 34.6 Å². The summed E-state index contributed by atoms with van der Waals surface area (Å²) in [4.78, 5) is 27.0. The first-order chi connectivity index (χ1) is 15.0. The van der Waals surface area contributed by atoms with Crippen LogP contribution in [0.3, 0.4) is 0 Å². The summed E-state index contributed by atoms with van der Waals surface area (Å²) in [7, 11) is 0.219. The van der Waals surface area contributed by atoms with Gasteiger partial charge in [0.25, 0.3) is 0 Å². The highest BCUT2D eigenvalue weighted by molar-refractivity contribution is 7.90. The van der Waals surface area contributed by atoms with E-state index in [1.807, 2.05) is 0 Å². The van der Waals surface area contributed by atoms with Crippen molar-refractivity contribution in [2.45, 2.75) is 19.5 Å². The molecule has 8 nitrogen and oxygen atoms in total. The minimum atomic E-state index is -3.99. The Balaban J connectivity index is 2.48. The van der Waals surface area contributed by atoms with Gasteiger partial charge in [0.2, 0.25) is 11.8 Å². The van der Waals surface area contributed by atoms with Gasteiger partial charge in [-0.05, 0) is 31.2 Å². The number of para-hydroxylation sites is 1. The van der Waals surface area contributed by atoms with Crippen molar-refractivity contribution in [1.29, 1.82) is 0 Å². The van der Waals surface area contributed by atoms with E-state index in [9.17, 15) is 18.0 Å². The maximum atomic E-state index is 13.4. The van der Waals surface area contributed by atoms with Gasteiger partial charge in [-0.2, -0.15) is 12.7 Å². The van der Waals surface area contributed by atoms with Crippen LogP contribution in [-0.4, -0.2) is 63.2 Å². The largest absolute Gasteiger partial charge is 0.357 e. The third kappa shape index (κ3) is 5.92. The molecule has 0 heterocycles. The molecule has 2 aromatic rings. The summed E-state index contributed by atoms with van der Waals surface area (Å²) in [6, 6.07) is 12.3. The zero-order valence-corrected chi connectivity index (χ0v) is 20.6. The summed E-state index contributed by atoms with van der Waals surface area (Å²) in [5.74, 6) is -1.00. The van der Waals surface area contributed by atoms with Crippen molar-refractivity contribution in [2.24, 2.45) is 0 Å². The Morgan fingerprint density at radius 3 is 2.06 bits per heavy atom. The maximum Gasteiger partial charge on any atom is 0.304 e. The molecular weight excluding hydrogens is 475 g/mol. The molecule has 0 aliphatic rings. The highest BCUT2D eigenvalue weighted by atomic mass is 35.5. The molecule has 1 N–H and O–H groups in total. The summed E-state index contributed by atoms with van der Waals surface area (Å²) in [6.45, 7) is 0.958. The third-order valence-electron chi connectivity index (χ3n) is 4.87. The Hall–Kier alpha value is -2.33. The molecule has 0 bridgehead atoms. The summed E-state index contributed by atoms with van der Waals surface area (Å²) in [6.07, 6.45) is 0. The van der Waals surface area contributed by atoms with E-state index in [1.165, 1.54) is 26.0 Å². The number of likely N-dealkylation sites (N-methyl/N-ethyl adjacent to an activating group) is 1. The smallest absolute Gasteiger partial charge is 0.304 e. The molecule has 2 amide bonds. The van der Waals surface area contributed by atoms with Gasteiger partial charge < -0.3 is 10.2 Å². The molecule has 1 atom stereocenters. The van der Waals surface area contributed by atoms with Crippen LogP contribution < -0.4 is 9.62 Å². The molecule has 0 saturated heterocycles. The predicted molar refractivity (Wildman–Crippen MR) is 127 cm³/mol. The predicted octanol–water partition coefficient (Wildman–Crippen LogP) is 2.77. The molecule has 0 saturated carbocycles. The number of hydrogen-bond acceptors (Lipinski definition) is 4. The lowest BCUT2D eigenvalue weighted by molar-refractivity contribution is -0.139. The fourth-order valence-electron chi connectivity index (χ4n) is 2.96. The van der Waals surface area contributed by atoms with Gasteiger partial charge in [-0.1, -0.05) is 47.5 Å². The second-order valence-corrected chi connectivity index (χ2v) is 10.0. The topological polar surface area (TPSA) is 90.0 Å². The van der Waals surface area contributed by atoms with Gasteiger partial charge in [-0.15, -0.1) is 0 Å². The van der Waals surface area contributed by atoms with E-state index in [1.54, 1.807) is 55.5 Å². The average molecular weight is 501 g/mol. The zero-order chi connectivity index (χ0) is 24.1. The molecule has 2 aromatic carbocycles. The summed E-state index contributed by atoms with van der Waals surface area (Å²) in [5.41, 5.74) is 0.777. The Morgan fingerprint density at radius 2 is 1.56 bits per heavy atom. The summed E-state index contributed by atoms with van der Waals surface area (Å²) >= 11 is 12.6. The lowest BCUT2D eigenvalue weighted by Gasteiger charge is -2.33. The first-order valence-corrected chi connectivity index (χ1v) is 11.8. The molecule has 0 unspecified atom stereocenters. The first kappa shape index (κ1) is 25.9. The number of nitrogens with zero attached hydrogens (tertiary/aromatic N) is 3. The standard InChI is InChI=1S/C21H26Cl2N4O4S/c1-15(21(29)24-2)26(13-17-18(22)11-8-12-19(17)23)20(28)14-27(32(30,31)25(3)4)16-9-6-5-7-10-16/h5-12,15H,13-14H2,1-4H3,(H,24,29)/t15-/m1/s1. The lowest BCUT2D eigenvalue weighted by atomic mass is 10.1. The van der Waals surface area contributed by atoms with Crippen LogP contribution in [0.5, 0.6) is 0 Å². The van der Waals surface area contributed by atoms with Crippen LogP contribution in [0.15, 0.2) is 48.5 Å². The average Bonchev–Trinajstić information content (AvgIpc) is 2.76. The van der Waals surface area contributed by atoms with E-state index in [0.717, 1.165) is 8.61 Å². The van der Waals surface area contributed by atoms with Crippen LogP contribution in [0.4, 0.5) is 5.69 Å². The SMILES string of the molecule is CNC(=O)[C@@H](C)N(Cc1c(Cl)cccc1Cl)C(=O)CN(c1ccccc1)S(=O)(=O)N(C)C. The van der Waals surface area contributed by atoms with E-state index in [0.29, 0.717) is 21.3 Å². The number of anilines is 1. The minimum Gasteiger partial charge on any atom is -0.357 e. The molecule has 0 aromatic heterocycles. The Bertz CT molecular complexity index is 1040. The Morgan fingerprint density at radius 1 is 1.00 bits per heavy atom. The monoisotopic (exact) mass is 500 g/mol. The number of carbonyl (C=O) groups excluding carboxylic acids is 2. The number of benzene rings is 2. The van der Waals surface area contributed by atoms with E-state index in [-0.39, 0.29) is 6.54 Å². The van der Waals surface area contributed by atoms with Crippen molar-refractivity contribution in [3.05, 3.63) is 64.1 Å². The van der Waals surface area contributed by atoms with Crippen molar-refractivity contribution in [3.8, 4) is 0 Å². The first-order valence-electron chi connectivity index (χ1n) is 9.69. The van der Waals surface area contributed by atoms with Crippen LogP contribution in [0, 0.1) is 0 Å². The molecule has 32 heavy (non-hydrogen) atoms. The highest BCUT2D eigenvalue weighted by Crippen LogP contribution is 2.27. The van der Waals surface area contributed by atoms with Gasteiger partial charge in [0.15, 0.2) is 0 Å². The summed E-state index contributed by atoms with van der Waals surface area (Å²) < 4.78 is 28.0. The number of hydrogen-bond donors (Lipinski definition) is 1. The van der Waals surface area contributed by atoms with Gasteiger partial charge in [-0.3, -0.25) is 9.59 Å². The fraction of sp³-hybridized carbons (Fsp3) is 0.333. The molecule has 0 aliphatic carbocycles. The van der Waals surface area contributed by atoms with Gasteiger partial charge in [0.05, 0.1) is 5.69 Å². The quantitative estimate of drug-likeness (QED) is 0.572. The van der Waals surface area contributed by atoms with Crippen LogP contribution in [-0.2, 0) is 26.3 Å². The van der Waals surface area contributed by atoms with Crippen molar-refractivity contribution >= 4 is 50.9 Å². The van der Waals surface area contributed by atoms with Crippen molar-refractivity contribution < 1.29 is 18.0 Å². The van der Waals surface area contributed by atoms with Crippen LogP contribution >= 0.6 is 23.2 Å². The van der Waals surface area contributed by atoms with Crippen molar-refractivity contribution in [3.63, 3.8) is 0 Å². The normalized spacial score (nSPS) is 12.3. The van der Waals surface area contributed by atoms with Crippen LogP contribution in [0.25, 0.3) is 0 Å². The lowest BCUT2D eigenvalue weighted by Crippen LogP contribution is -2.52. The van der Waals surface area contributed by atoms with Gasteiger partial charge in [-0.25, -0.2) is 4.31 Å². The second kappa shape index (κ2) is 11.0. The molecule has 0 fully saturated rings. The number of rotatable bonds is 9. The fourth-order valence-corrected chi connectivity index (χ4v) is 4.53. The van der Waals surface area contributed by atoms with Crippen LogP contribution in [0.1, 0.15) is 12.5 Å². The minimum absolute atomic E-state index is 0.0728. The number of carbonyl (C=O) groups is 2. The molecular formula is C21H26Cl2N4O4S. The third-order valence-corrected chi connectivity index (χ3v) is 7.39. The van der Waals surface area contributed by atoms with E-state index in [2.05, 4.69) is 5.32 Å². The highest BCUT2D eigenvalue weighted by Gasteiger charge is 2.32. The molecule has 0 spiro atoms. The van der Waals surface area contributed by atoms with E-state index in [4.69, 9.17) is 23.2 Å². The molecule has 2 rings (SSSR count). The Kier molecular flexibility index (Phi) is 8.91. The van der Waals surface area contributed by atoms with Crippen LogP contribution in [0.2, 0.25) is 10.0 Å². The number of amides is 2. The molecule has 11 heteroatoms. The van der Waals surface area contributed by atoms with Gasteiger partial charge >= 0.3 is 10.2 Å². The Labute approximate surface area is 198 Å². The molecule has 0 radical (unpaired) electrons. The van der Waals surface area contributed by atoms with Crippen molar-refractivity contribution in [2.75, 3.05) is 32.0 Å².